The van der Waals surface area contributed by atoms with Gasteiger partial charge in [-0.25, -0.2) is 0 Å². The van der Waals surface area contributed by atoms with Crippen LogP contribution in [-0.4, -0.2) is 75.3 Å². The fourth-order valence-corrected chi connectivity index (χ4v) is 4.92. The number of benzene rings is 2. The molecule has 3 aliphatic heterocycles. The van der Waals surface area contributed by atoms with Crippen molar-refractivity contribution in [3.05, 3.63) is 48.0 Å². The SMILES string of the molecule is COc1ccc(N2CCN(CC(=O)N3CCC[C@H]3c3ccc4c(c3)OCCO4)CC2)cc1. The molecule has 0 bridgehead atoms. The van der Waals surface area contributed by atoms with Crippen molar-refractivity contribution in [1.29, 1.82) is 0 Å². The van der Waals surface area contributed by atoms with Gasteiger partial charge in [-0.2, -0.15) is 0 Å². The van der Waals surface area contributed by atoms with Gasteiger partial charge in [-0.05, 0) is 54.8 Å². The van der Waals surface area contributed by atoms with E-state index in [2.05, 4.69) is 39.0 Å². The topological polar surface area (TPSA) is 54.5 Å². The fourth-order valence-electron chi connectivity index (χ4n) is 4.92. The molecule has 1 atom stereocenters. The quantitative estimate of drug-likeness (QED) is 0.717. The molecule has 0 spiro atoms. The molecule has 2 aromatic rings. The summed E-state index contributed by atoms with van der Waals surface area (Å²) >= 11 is 0. The van der Waals surface area contributed by atoms with Crippen LogP contribution in [0.2, 0.25) is 0 Å². The lowest BCUT2D eigenvalue weighted by atomic mass is 10.0. The van der Waals surface area contributed by atoms with E-state index >= 15 is 0 Å². The summed E-state index contributed by atoms with van der Waals surface area (Å²) in [6.07, 6.45) is 2.03. The van der Waals surface area contributed by atoms with Crippen LogP contribution in [0.1, 0.15) is 24.4 Å². The average molecular weight is 438 g/mol. The molecular weight excluding hydrogens is 406 g/mol. The van der Waals surface area contributed by atoms with Gasteiger partial charge in [0.25, 0.3) is 0 Å². The maximum Gasteiger partial charge on any atom is 0.237 e. The van der Waals surface area contributed by atoms with Crippen LogP contribution in [0.4, 0.5) is 5.69 Å². The predicted octanol–water partition coefficient (Wildman–Crippen LogP) is 2.95. The highest BCUT2D eigenvalue weighted by Gasteiger charge is 2.32. The van der Waals surface area contributed by atoms with E-state index in [0.29, 0.717) is 19.8 Å². The van der Waals surface area contributed by atoms with Crippen LogP contribution in [0.25, 0.3) is 0 Å². The van der Waals surface area contributed by atoms with Crippen molar-refractivity contribution in [3.63, 3.8) is 0 Å². The first-order valence-electron chi connectivity index (χ1n) is 11.5. The summed E-state index contributed by atoms with van der Waals surface area (Å²) in [5.74, 6) is 2.68. The third-order valence-electron chi connectivity index (χ3n) is 6.69. The van der Waals surface area contributed by atoms with Gasteiger partial charge in [-0.3, -0.25) is 9.69 Å². The van der Waals surface area contributed by atoms with Gasteiger partial charge in [0, 0.05) is 38.4 Å². The standard InChI is InChI=1S/C25H31N3O4/c1-30-21-7-5-20(6-8-21)27-13-11-26(12-14-27)18-25(29)28-10-2-3-22(28)19-4-9-23-24(17-19)32-16-15-31-23/h4-9,17,22H,2-3,10-16,18H2,1H3/t22-/m0/s1. The van der Waals surface area contributed by atoms with Gasteiger partial charge in [-0.1, -0.05) is 6.07 Å². The van der Waals surface area contributed by atoms with Crippen LogP contribution in [0.5, 0.6) is 17.2 Å². The highest BCUT2D eigenvalue weighted by atomic mass is 16.6. The number of likely N-dealkylation sites (tertiary alicyclic amines) is 1. The molecule has 3 heterocycles. The molecule has 7 nitrogen and oxygen atoms in total. The van der Waals surface area contributed by atoms with Crippen molar-refractivity contribution in [2.75, 3.05) is 64.5 Å². The number of amides is 1. The average Bonchev–Trinajstić information content (AvgIpc) is 3.35. The van der Waals surface area contributed by atoms with E-state index in [9.17, 15) is 4.79 Å². The molecule has 0 saturated carbocycles. The Kier molecular flexibility index (Phi) is 6.08. The fraction of sp³-hybridized carbons (Fsp3) is 0.480. The molecule has 7 heteroatoms. The van der Waals surface area contributed by atoms with Gasteiger partial charge in [0.2, 0.25) is 5.91 Å². The Balaban J connectivity index is 1.18. The number of methoxy groups -OCH3 is 1. The van der Waals surface area contributed by atoms with Crippen LogP contribution in [0.15, 0.2) is 42.5 Å². The molecule has 0 aliphatic carbocycles. The van der Waals surface area contributed by atoms with E-state index in [1.54, 1.807) is 7.11 Å². The Hall–Kier alpha value is -2.93. The number of ether oxygens (including phenoxy) is 3. The highest BCUT2D eigenvalue weighted by molar-refractivity contribution is 5.79. The summed E-state index contributed by atoms with van der Waals surface area (Å²) in [4.78, 5) is 19.9. The molecule has 170 valence electrons. The van der Waals surface area contributed by atoms with Crippen LogP contribution < -0.4 is 19.1 Å². The van der Waals surface area contributed by atoms with Crippen LogP contribution in [0, 0.1) is 0 Å². The maximum absolute atomic E-state index is 13.2. The number of carbonyl (C=O) groups excluding carboxylic acids is 1. The Labute approximate surface area is 189 Å². The van der Waals surface area contributed by atoms with Gasteiger partial charge in [0.05, 0.1) is 19.7 Å². The van der Waals surface area contributed by atoms with Gasteiger partial charge >= 0.3 is 0 Å². The molecule has 2 saturated heterocycles. The lowest BCUT2D eigenvalue weighted by molar-refractivity contribution is -0.133. The number of nitrogens with zero attached hydrogens (tertiary/aromatic N) is 3. The molecule has 3 aliphatic rings. The van der Waals surface area contributed by atoms with Crippen molar-refractivity contribution in [2.24, 2.45) is 0 Å². The van der Waals surface area contributed by atoms with E-state index in [4.69, 9.17) is 14.2 Å². The molecule has 1 amide bonds. The van der Waals surface area contributed by atoms with Crippen LogP contribution in [-0.2, 0) is 4.79 Å². The number of fused-ring (bicyclic) bond motifs is 1. The van der Waals surface area contributed by atoms with E-state index < -0.39 is 0 Å². The lowest BCUT2D eigenvalue weighted by Gasteiger charge is -2.37. The molecule has 0 aromatic heterocycles. The molecule has 0 N–H and O–H groups in total. The molecule has 2 aromatic carbocycles. The zero-order valence-electron chi connectivity index (χ0n) is 18.7. The summed E-state index contributed by atoms with van der Waals surface area (Å²) in [5, 5.41) is 0. The van der Waals surface area contributed by atoms with Gasteiger partial charge in [0.1, 0.15) is 19.0 Å². The summed E-state index contributed by atoms with van der Waals surface area (Å²) in [5.41, 5.74) is 2.35. The number of anilines is 1. The molecular formula is C25H31N3O4. The monoisotopic (exact) mass is 437 g/mol. The molecule has 0 radical (unpaired) electrons. The van der Waals surface area contributed by atoms with Crippen molar-refractivity contribution in [1.82, 2.24) is 9.80 Å². The summed E-state index contributed by atoms with van der Waals surface area (Å²) in [6, 6.07) is 14.4. The Bertz CT molecular complexity index is 941. The summed E-state index contributed by atoms with van der Waals surface area (Å²) < 4.78 is 16.6. The largest absolute Gasteiger partial charge is 0.497 e. The first-order valence-corrected chi connectivity index (χ1v) is 11.5. The molecule has 0 unspecified atom stereocenters. The third kappa shape index (κ3) is 4.35. The highest BCUT2D eigenvalue weighted by Crippen LogP contribution is 2.38. The van der Waals surface area contributed by atoms with Crippen LogP contribution in [0.3, 0.4) is 0 Å². The molecule has 5 rings (SSSR count). The third-order valence-corrected chi connectivity index (χ3v) is 6.69. The second-order valence-electron chi connectivity index (χ2n) is 8.61. The number of piperazine rings is 1. The van der Waals surface area contributed by atoms with Gasteiger partial charge < -0.3 is 24.0 Å². The normalized spacial score (nSPS) is 21.0. The predicted molar refractivity (Wildman–Crippen MR) is 123 cm³/mol. The van der Waals surface area contributed by atoms with Crippen molar-refractivity contribution >= 4 is 11.6 Å². The second-order valence-corrected chi connectivity index (χ2v) is 8.61. The Morgan fingerprint density at radius 1 is 0.969 bits per heavy atom. The van der Waals surface area contributed by atoms with E-state index in [-0.39, 0.29) is 11.9 Å². The van der Waals surface area contributed by atoms with E-state index in [1.165, 1.54) is 5.69 Å². The van der Waals surface area contributed by atoms with Gasteiger partial charge in [0.15, 0.2) is 11.5 Å². The zero-order chi connectivity index (χ0) is 21.9. The van der Waals surface area contributed by atoms with Crippen molar-refractivity contribution in [3.8, 4) is 17.2 Å². The minimum Gasteiger partial charge on any atom is -0.497 e. The Morgan fingerprint density at radius 3 is 2.47 bits per heavy atom. The lowest BCUT2D eigenvalue weighted by Crippen LogP contribution is -2.50. The number of rotatable bonds is 5. The van der Waals surface area contributed by atoms with Crippen molar-refractivity contribution < 1.29 is 19.0 Å². The van der Waals surface area contributed by atoms with Gasteiger partial charge in [-0.15, -0.1) is 0 Å². The first kappa shape index (κ1) is 20.9. The van der Waals surface area contributed by atoms with Crippen molar-refractivity contribution in [2.45, 2.75) is 18.9 Å². The number of hydrogen-bond donors (Lipinski definition) is 0. The minimum atomic E-state index is 0.124. The van der Waals surface area contributed by atoms with E-state index in [0.717, 1.165) is 68.4 Å². The molecule has 2 fully saturated rings. The second kappa shape index (κ2) is 9.28. The van der Waals surface area contributed by atoms with Crippen LogP contribution >= 0.6 is 0 Å². The summed E-state index contributed by atoms with van der Waals surface area (Å²) in [7, 11) is 1.68. The van der Waals surface area contributed by atoms with E-state index in [1.807, 2.05) is 18.2 Å². The smallest absolute Gasteiger partial charge is 0.237 e. The summed E-state index contributed by atoms with van der Waals surface area (Å²) in [6.45, 7) is 6.09. The number of carbonyl (C=O) groups is 1. The number of hydrogen-bond acceptors (Lipinski definition) is 6. The maximum atomic E-state index is 13.2. The first-order chi connectivity index (χ1) is 15.7. The Morgan fingerprint density at radius 2 is 1.72 bits per heavy atom. The molecule has 32 heavy (non-hydrogen) atoms. The minimum absolute atomic E-state index is 0.124. The zero-order valence-corrected chi connectivity index (χ0v) is 18.7.